The number of dihydropyridines is 1. The summed E-state index contributed by atoms with van der Waals surface area (Å²) in [6, 6.07) is 11.0. The lowest BCUT2D eigenvalue weighted by molar-refractivity contribution is -0.138. The molecule has 4 rings (SSSR count). The Morgan fingerprint density at radius 3 is 2.61 bits per heavy atom. The van der Waals surface area contributed by atoms with Crippen LogP contribution in [0.15, 0.2) is 63.4 Å². The molecule has 1 aliphatic carbocycles. The molecule has 1 aliphatic heterocycles. The van der Waals surface area contributed by atoms with Gasteiger partial charge in [-0.3, -0.25) is 4.79 Å². The van der Waals surface area contributed by atoms with Crippen LogP contribution in [0.4, 0.5) is 0 Å². The van der Waals surface area contributed by atoms with Crippen LogP contribution in [0.2, 0.25) is 5.02 Å². The fourth-order valence-electron chi connectivity index (χ4n) is 5.05. The molecular formula is C29H31BrClNO5S. The van der Waals surface area contributed by atoms with Crippen molar-refractivity contribution in [3.8, 4) is 11.5 Å². The van der Waals surface area contributed by atoms with Crippen molar-refractivity contribution in [3.63, 3.8) is 0 Å². The summed E-state index contributed by atoms with van der Waals surface area (Å²) >= 11 is 11.2. The lowest BCUT2D eigenvalue weighted by Crippen LogP contribution is -2.36. The third kappa shape index (κ3) is 6.08. The Morgan fingerprint density at radius 1 is 1.18 bits per heavy atom. The second-order valence-corrected chi connectivity index (χ2v) is 11.9. The molecule has 38 heavy (non-hydrogen) atoms. The van der Waals surface area contributed by atoms with E-state index in [1.807, 2.05) is 38.1 Å². The lowest BCUT2D eigenvalue weighted by atomic mass is 9.71. The number of nitrogens with one attached hydrogen (secondary N) is 1. The largest absolute Gasteiger partial charge is 0.503 e. The van der Waals surface area contributed by atoms with Gasteiger partial charge in [0.2, 0.25) is 0 Å². The molecule has 2 aromatic rings. The van der Waals surface area contributed by atoms with Crippen molar-refractivity contribution in [2.24, 2.45) is 0 Å². The Hall–Kier alpha value is -2.42. The fourth-order valence-corrected chi connectivity index (χ4v) is 6.13. The Balaban J connectivity index is 1.78. The number of thioether (sulfide) groups is 1. The van der Waals surface area contributed by atoms with E-state index >= 15 is 0 Å². The van der Waals surface area contributed by atoms with Crippen LogP contribution < -0.4 is 10.1 Å². The second kappa shape index (κ2) is 12.6. The van der Waals surface area contributed by atoms with E-state index in [-0.39, 0.29) is 29.8 Å². The first-order valence-corrected chi connectivity index (χ1v) is 15.0. The molecule has 1 heterocycles. The molecule has 0 saturated heterocycles. The van der Waals surface area contributed by atoms with Gasteiger partial charge < -0.3 is 19.9 Å². The predicted octanol–water partition coefficient (Wildman–Crippen LogP) is 6.86. The number of ketones is 1. The Labute approximate surface area is 240 Å². The number of ether oxygens (including phenoxy) is 2. The van der Waals surface area contributed by atoms with Gasteiger partial charge in [0.1, 0.15) is 6.61 Å². The number of benzene rings is 2. The maximum atomic E-state index is 13.8. The number of halogens is 2. The molecule has 0 saturated carbocycles. The average molecular weight is 621 g/mol. The number of esters is 1. The molecule has 0 aromatic heterocycles. The van der Waals surface area contributed by atoms with Crippen LogP contribution in [0.5, 0.6) is 11.5 Å². The number of Topliss-reactive ketones (excluding diaryl/α,β-unsaturated/α-hetero) is 1. The van der Waals surface area contributed by atoms with Crippen molar-refractivity contribution < 1.29 is 24.2 Å². The Bertz CT molecular complexity index is 1290. The van der Waals surface area contributed by atoms with Crippen molar-refractivity contribution >= 4 is 51.0 Å². The van der Waals surface area contributed by atoms with Crippen LogP contribution >= 0.6 is 39.3 Å². The summed E-state index contributed by atoms with van der Waals surface area (Å²) in [6.07, 6.45) is 0.925. The number of hydrogen-bond acceptors (Lipinski definition) is 7. The maximum absolute atomic E-state index is 13.8. The van der Waals surface area contributed by atoms with Gasteiger partial charge in [0.15, 0.2) is 17.3 Å². The number of hydrogen-bond donors (Lipinski definition) is 2. The molecule has 2 aromatic carbocycles. The molecule has 0 amide bonds. The molecule has 2 N–H and O–H groups in total. The number of phenolic OH excluding ortho intramolecular Hbond substituents is 1. The van der Waals surface area contributed by atoms with Crippen LogP contribution in [-0.4, -0.2) is 41.6 Å². The monoisotopic (exact) mass is 619 g/mol. The maximum Gasteiger partial charge on any atom is 0.336 e. The molecule has 2 unspecified atom stereocenters. The van der Waals surface area contributed by atoms with Crippen molar-refractivity contribution in [2.75, 3.05) is 24.7 Å². The summed E-state index contributed by atoms with van der Waals surface area (Å²) in [5.74, 6) is 0.717. The van der Waals surface area contributed by atoms with E-state index in [0.29, 0.717) is 57.1 Å². The highest BCUT2D eigenvalue weighted by Gasteiger charge is 2.42. The van der Waals surface area contributed by atoms with Crippen LogP contribution in [-0.2, 0) is 14.3 Å². The lowest BCUT2D eigenvalue weighted by Gasteiger charge is -2.37. The smallest absolute Gasteiger partial charge is 0.336 e. The molecule has 2 aliphatic rings. The van der Waals surface area contributed by atoms with Gasteiger partial charge in [-0.25, -0.2) is 4.79 Å². The van der Waals surface area contributed by atoms with Crippen LogP contribution in [0.25, 0.3) is 0 Å². The van der Waals surface area contributed by atoms with Gasteiger partial charge >= 0.3 is 5.97 Å². The summed E-state index contributed by atoms with van der Waals surface area (Å²) in [6.45, 7) is 6.35. The highest BCUT2D eigenvalue weighted by Crippen LogP contribution is 2.48. The first kappa shape index (κ1) is 28.6. The van der Waals surface area contributed by atoms with Gasteiger partial charge in [-0.2, -0.15) is 11.8 Å². The molecule has 0 radical (unpaired) electrons. The summed E-state index contributed by atoms with van der Waals surface area (Å²) in [5.41, 5.74) is 4.09. The quantitative estimate of drug-likeness (QED) is 0.234. The van der Waals surface area contributed by atoms with E-state index in [1.165, 1.54) is 0 Å². The Morgan fingerprint density at radius 2 is 1.92 bits per heavy atom. The van der Waals surface area contributed by atoms with Crippen molar-refractivity contribution in [1.82, 2.24) is 5.32 Å². The van der Waals surface area contributed by atoms with E-state index in [1.54, 1.807) is 23.9 Å². The summed E-state index contributed by atoms with van der Waals surface area (Å²) < 4.78 is 11.7. The van der Waals surface area contributed by atoms with Gasteiger partial charge in [0.05, 0.1) is 16.7 Å². The molecule has 0 bridgehead atoms. The number of carbonyl (C=O) groups excluding carboxylic acids is 2. The third-order valence-electron chi connectivity index (χ3n) is 6.74. The number of phenols is 1. The number of aromatic hydroxyl groups is 1. The molecule has 202 valence electrons. The SMILES string of the molecule is CCOc1cc(C2C(C(=O)OCCSCC)=C(C)NC3=C2C(=O)CC(c2ccc(Cl)cc2)C3)cc(Br)c1O. The minimum absolute atomic E-state index is 0.00965. The van der Waals surface area contributed by atoms with Gasteiger partial charge in [-0.1, -0.05) is 30.7 Å². The first-order valence-electron chi connectivity index (χ1n) is 12.6. The minimum atomic E-state index is -0.660. The summed E-state index contributed by atoms with van der Waals surface area (Å²) in [7, 11) is 0. The molecule has 0 fully saturated rings. The number of carbonyl (C=O) groups is 2. The standard InChI is InChI=1S/C29H31BrClNO5S/c1-4-36-24-15-19(12-21(30)28(24)34)26-25(29(35)37-10-11-38-5-2)16(3)32-22-13-18(14-23(33)27(22)26)17-6-8-20(31)9-7-17/h6-9,12,15,18,26,32,34H,4-5,10-11,13-14H2,1-3H3. The zero-order chi connectivity index (χ0) is 27.4. The van der Waals surface area contributed by atoms with E-state index in [9.17, 15) is 14.7 Å². The fraction of sp³-hybridized carbons (Fsp3) is 0.379. The van der Waals surface area contributed by atoms with Gasteiger partial charge in [0.25, 0.3) is 0 Å². The zero-order valence-electron chi connectivity index (χ0n) is 21.6. The van der Waals surface area contributed by atoms with Crippen LogP contribution in [0.3, 0.4) is 0 Å². The number of rotatable bonds is 9. The Kier molecular flexibility index (Phi) is 9.50. The highest BCUT2D eigenvalue weighted by atomic mass is 79.9. The normalized spacial score (nSPS) is 19.2. The van der Waals surface area contributed by atoms with Gasteiger partial charge in [-0.15, -0.1) is 0 Å². The zero-order valence-corrected chi connectivity index (χ0v) is 24.8. The third-order valence-corrected chi connectivity index (χ3v) is 8.46. The van der Waals surface area contributed by atoms with Gasteiger partial charge in [0, 0.05) is 40.1 Å². The second-order valence-electron chi connectivity index (χ2n) is 9.18. The van der Waals surface area contributed by atoms with E-state index in [0.717, 1.165) is 17.0 Å². The van der Waals surface area contributed by atoms with Crippen molar-refractivity contribution in [1.29, 1.82) is 0 Å². The molecule has 0 spiro atoms. The average Bonchev–Trinajstić information content (AvgIpc) is 2.88. The molecular weight excluding hydrogens is 590 g/mol. The van der Waals surface area contributed by atoms with E-state index in [4.69, 9.17) is 21.1 Å². The van der Waals surface area contributed by atoms with Crippen molar-refractivity contribution in [2.45, 2.75) is 45.4 Å². The van der Waals surface area contributed by atoms with Gasteiger partial charge in [-0.05, 0) is 83.3 Å². The topological polar surface area (TPSA) is 84.9 Å². The van der Waals surface area contributed by atoms with Crippen LogP contribution in [0, 0.1) is 0 Å². The van der Waals surface area contributed by atoms with E-state index < -0.39 is 11.9 Å². The molecule has 6 nitrogen and oxygen atoms in total. The van der Waals surface area contributed by atoms with Crippen LogP contribution in [0.1, 0.15) is 56.6 Å². The highest BCUT2D eigenvalue weighted by molar-refractivity contribution is 9.10. The molecule has 2 atom stereocenters. The van der Waals surface area contributed by atoms with Crippen molar-refractivity contribution in [3.05, 3.63) is 79.6 Å². The first-order chi connectivity index (χ1) is 18.2. The van der Waals surface area contributed by atoms with E-state index in [2.05, 4.69) is 28.2 Å². The minimum Gasteiger partial charge on any atom is -0.503 e. The summed E-state index contributed by atoms with van der Waals surface area (Å²) in [5, 5.41) is 14.6. The summed E-state index contributed by atoms with van der Waals surface area (Å²) in [4.78, 5) is 27.3. The molecule has 9 heteroatoms. The predicted molar refractivity (Wildman–Crippen MR) is 155 cm³/mol. The number of allylic oxidation sites excluding steroid dienone is 3.